The van der Waals surface area contributed by atoms with Gasteiger partial charge in [0.05, 0.1) is 5.75 Å². The van der Waals surface area contributed by atoms with E-state index in [4.69, 9.17) is 5.73 Å². The van der Waals surface area contributed by atoms with Gasteiger partial charge in [0.1, 0.15) is 5.54 Å². The van der Waals surface area contributed by atoms with Gasteiger partial charge in [-0.25, -0.2) is 8.42 Å². The smallest absolute Gasteiger partial charge is 0.243 e. The summed E-state index contributed by atoms with van der Waals surface area (Å²) < 4.78 is 26.6. The number of nitrogens with two attached hydrogens (primary N) is 1. The van der Waals surface area contributed by atoms with Crippen LogP contribution in [0, 0.1) is 0 Å². The highest BCUT2D eigenvalue weighted by molar-refractivity contribution is 7.88. The van der Waals surface area contributed by atoms with Gasteiger partial charge < -0.3 is 10.6 Å². The second-order valence-electron chi connectivity index (χ2n) is 5.81. The van der Waals surface area contributed by atoms with Crippen molar-refractivity contribution < 1.29 is 13.2 Å². The van der Waals surface area contributed by atoms with Crippen molar-refractivity contribution in [3.8, 4) is 0 Å². The van der Waals surface area contributed by atoms with Gasteiger partial charge in [-0.05, 0) is 25.5 Å². The number of benzene rings is 1. The number of nitrogen functional groups attached to an aromatic ring is 1. The predicted molar refractivity (Wildman–Crippen MR) is 81.9 cm³/mol. The summed E-state index contributed by atoms with van der Waals surface area (Å²) in [5.74, 6) is -0.390. The Morgan fingerprint density at radius 1 is 1.24 bits per heavy atom. The van der Waals surface area contributed by atoms with Crippen LogP contribution in [0.1, 0.15) is 19.4 Å². The normalized spacial score (nSPS) is 19.8. The van der Waals surface area contributed by atoms with E-state index in [1.807, 2.05) is 0 Å². The standard InChI is InChI=1S/C14H21N3O3S/c1-14(2)13(18)16(3)8-9-17(14)21(19,20)10-11-6-4-5-7-12(11)15/h4-7H,8-10,15H2,1-3H3. The van der Waals surface area contributed by atoms with Crippen LogP contribution >= 0.6 is 0 Å². The fourth-order valence-electron chi connectivity index (χ4n) is 2.62. The Morgan fingerprint density at radius 3 is 2.48 bits per heavy atom. The number of likely N-dealkylation sites (N-methyl/N-ethyl adjacent to an activating group) is 1. The number of carbonyl (C=O) groups excluding carboxylic acids is 1. The maximum absolute atomic E-state index is 12.7. The number of para-hydroxylation sites is 1. The van der Waals surface area contributed by atoms with Crippen LogP contribution in [0.3, 0.4) is 0 Å². The quantitative estimate of drug-likeness (QED) is 0.831. The van der Waals surface area contributed by atoms with Crippen molar-refractivity contribution in [1.82, 2.24) is 9.21 Å². The molecule has 0 bridgehead atoms. The van der Waals surface area contributed by atoms with E-state index in [0.29, 0.717) is 24.3 Å². The van der Waals surface area contributed by atoms with E-state index in [0.717, 1.165) is 0 Å². The third-order valence-electron chi connectivity index (χ3n) is 3.86. The summed E-state index contributed by atoms with van der Waals surface area (Å²) in [5, 5.41) is 0. The molecule has 0 unspecified atom stereocenters. The zero-order valence-electron chi connectivity index (χ0n) is 12.5. The number of hydrogen-bond donors (Lipinski definition) is 1. The van der Waals surface area contributed by atoms with Gasteiger partial charge in [-0.1, -0.05) is 18.2 Å². The van der Waals surface area contributed by atoms with Gasteiger partial charge in [0.2, 0.25) is 15.9 Å². The van der Waals surface area contributed by atoms with Crippen molar-refractivity contribution in [2.24, 2.45) is 0 Å². The molecule has 1 aromatic carbocycles. The number of piperazine rings is 1. The van der Waals surface area contributed by atoms with Crippen molar-refractivity contribution in [2.75, 3.05) is 25.9 Å². The molecule has 6 nitrogen and oxygen atoms in total. The van der Waals surface area contributed by atoms with Gasteiger partial charge in [0, 0.05) is 25.8 Å². The first-order valence-corrected chi connectivity index (χ1v) is 8.36. The van der Waals surface area contributed by atoms with Crippen LogP contribution in [0.5, 0.6) is 0 Å². The molecule has 1 saturated heterocycles. The van der Waals surface area contributed by atoms with Gasteiger partial charge in [-0.2, -0.15) is 4.31 Å². The average molecular weight is 311 g/mol. The molecule has 1 fully saturated rings. The fourth-order valence-corrected chi connectivity index (χ4v) is 4.57. The van der Waals surface area contributed by atoms with Gasteiger partial charge in [-0.15, -0.1) is 0 Å². The van der Waals surface area contributed by atoms with E-state index >= 15 is 0 Å². The topological polar surface area (TPSA) is 83.7 Å². The largest absolute Gasteiger partial charge is 0.398 e. The molecule has 0 aromatic heterocycles. The highest BCUT2D eigenvalue weighted by Crippen LogP contribution is 2.27. The lowest BCUT2D eigenvalue weighted by Crippen LogP contribution is -2.63. The molecule has 0 radical (unpaired) electrons. The van der Waals surface area contributed by atoms with Crippen molar-refractivity contribution in [2.45, 2.75) is 25.1 Å². The van der Waals surface area contributed by atoms with Crippen molar-refractivity contribution in [3.63, 3.8) is 0 Å². The summed E-state index contributed by atoms with van der Waals surface area (Å²) in [6.07, 6.45) is 0. The molecule has 0 aliphatic carbocycles. The number of sulfonamides is 1. The first-order valence-electron chi connectivity index (χ1n) is 6.76. The van der Waals surface area contributed by atoms with Gasteiger partial charge in [0.15, 0.2) is 0 Å². The summed E-state index contributed by atoms with van der Waals surface area (Å²) in [6, 6.07) is 6.87. The maximum atomic E-state index is 12.7. The molecule has 116 valence electrons. The first kappa shape index (κ1) is 15.8. The molecule has 1 amide bonds. The van der Waals surface area contributed by atoms with E-state index in [9.17, 15) is 13.2 Å². The Morgan fingerprint density at radius 2 is 1.86 bits per heavy atom. The summed E-state index contributed by atoms with van der Waals surface area (Å²) in [6.45, 7) is 3.96. The average Bonchev–Trinajstić information content (AvgIpc) is 2.38. The van der Waals surface area contributed by atoms with Gasteiger partial charge >= 0.3 is 0 Å². The van der Waals surface area contributed by atoms with E-state index in [1.165, 1.54) is 4.31 Å². The lowest BCUT2D eigenvalue weighted by atomic mass is 10.0. The molecule has 1 heterocycles. The van der Waals surface area contributed by atoms with Gasteiger partial charge in [0.25, 0.3) is 0 Å². The monoisotopic (exact) mass is 311 g/mol. The second-order valence-corrected chi connectivity index (χ2v) is 7.71. The number of rotatable bonds is 3. The highest BCUT2D eigenvalue weighted by atomic mass is 32.2. The molecule has 2 rings (SSSR count). The third kappa shape index (κ3) is 2.89. The van der Waals surface area contributed by atoms with Crippen molar-refractivity contribution >= 4 is 21.6 Å². The fraction of sp³-hybridized carbons (Fsp3) is 0.500. The number of carbonyl (C=O) groups is 1. The predicted octanol–water partition coefficient (Wildman–Crippen LogP) is 0.651. The Kier molecular flexibility index (Phi) is 3.99. The van der Waals surface area contributed by atoms with Crippen LogP contribution < -0.4 is 5.73 Å². The molecule has 2 N–H and O–H groups in total. The van der Waals surface area contributed by atoms with Crippen LogP contribution in [0.4, 0.5) is 5.69 Å². The molecule has 21 heavy (non-hydrogen) atoms. The van der Waals surface area contributed by atoms with Crippen LogP contribution in [-0.2, 0) is 20.6 Å². The molecule has 7 heteroatoms. The van der Waals surface area contributed by atoms with E-state index < -0.39 is 15.6 Å². The molecule has 0 atom stereocenters. The molecular weight excluding hydrogens is 290 g/mol. The summed E-state index contributed by atoms with van der Waals surface area (Å²) >= 11 is 0. The number of anilines is 1. The van der Waals surface area contributed by atoms with E-state index in [-0.39, 0.29) is 11.7 Å². The minimum Gasteiger partial charge on any atom is -0.398 e. The molecule has 0 saturated carbocycles. The van der Waals surface area contributed by atoms with Crippen LogP contribution in [0.15, 0.2) is 24.3 Å². The summed E-state index contributed by atoms with van der Waals surface area (Å²) in [5.41, 5.74) is 5.74. The van der Waals surface area contributed by atoms with Crippen LogP contribution in [0.25, 0.3) is 0 Å². The summed E-state index contributed by atoms with van der Waals surface area (Å²) in [4.78, 5) is 13.8. The lowest BCUT2D eigenvalue weighted by Gasteiger charge is -2.43. The van der Waals surface area contributed by atoms with Crippen molar-refractivity contribution in [3.05, 3.63) is 29.8 Å². The molecule has 1 aliphatic heterocycles. The molecule has 0 spiro atoms. The Labute approximate surface area is 125 Å². The van der Waals surface area contributed by atoms with Gasteiger partial charge in [-0.3, -0.25) is 4.79 Å². The number of hydrogen-bond acceptors (Lipinski definition) is 4. The SMILES string of the molecule is CN1CCN(S(=O)(=O)Cc2ccccc2N)C(C)(C)C1=O. The van der Waals surface area contributed by atoms with E-state index in [1.54, 1.807) is 50.1 Å². The van der Waals surface area contributed by atoms with Crippen LogP contribution in [-0.4, -0.2) is 49.2 Å². The van der Waals surface area contributed by atoms with Crippen LogP contribution in [0.2, 0.25) is 0 Å². The third-order valence-corrected chi connectivity index (χ3v) is 5.85. The zero-order valence-corrected chi connectivity index (χ0v) is 13.4. The maximum Gasteiger partial charge on any atom is 0.243 e. The Balaban J connectivity index is 2.32. The first-order chi connectivity index (χ1) is 9.66. The zero-order chi connectivity index (χ0) is 15.8. The Hall–Kier alpha value is -1.60. The van der Waals surface area contributed by atoms with E-state index in [2.05, 4.69) is 0 Å². The van der Waals surface area contributed by atoms with Crippen molar-refractivity contribution in [1.29, 1.82) is 0 Å². The highest BCUT2D eigenvalue weighted by Gasteiger charge is 2.46. The number of amides is 1. The summed E-state index contributed by atoms with van der Waals surface area (Å²) in [7, 11) is -1.93. The second kappa shape index (κ2) is 5.31. The minimum atomic E-state index is -3.62. The number of nitrogens with zero attached hydrogens (tertiary/aromatic N) is 2. The Bertz CT molecular complexity index is 655. The molecular formula is C14H21N3O3S. The molecule has 1 aliphatic rings. The molecule has 1 aromatic rings. The minimum absolute atomic E-state index is 0.194. The lowest BCUT2D eigenvalue weighted by molar-refractivity contribution is -0.142.